The number of amides is 2. The van der Waals surface area contributed by atoms with Gasteiger partial charge in [0.05, 0.1) is 0 Å². The van der Waals surface area contributed by atoms with Gasteiger partial charge in [-0.2, -0.15) is 0 Å². The van der Waals surface area contributed by atoms with Crippen molar-refractivity contribution >= 4 is 23.4 Å². The number of piperidine rings is 1. The number of aromatic nitrogens is 1. The summed E-state index contributed by atoms with van der Waals surface area (Å²) < 4.78 is 0. The van der Waals surface area contributed by atoms with Crippen molar-refractivity contribution < 1.29 is 9.59 Å². The zero-order valence-corrected chi connectivity index (χ0v) is 10.6. The summed E-state index contributed by atoms with van der Waals surface area (Å²) in [7, 11) is 0. The molecule has 18 heavy (non-hydrogen) atoms. The van der Waals surface area contributed by atoms with Gasteiger partial charge in [0.2, 0.25) is 5.91 Å². The maximum atomic E-state index is 12.2. The van der Waals surface area contributed by atoms with Crippen LogP contribution in [0, 0.1) is 5.92 Å². The van der Waals surface area contributed by atoms with Gasteiger partial charge in [-0.05, 0) is 25.0 Å². The maximum Gasteiger partial charge on any atom is 0.254 e. The number of carbonyl (C=O) groups excluding carboxylic acids is 2. The molecule has 2 amide bonds. The Balaban J connectivity index is 2.02. The number of primary amides is 1. The van der Waals surface area contributed by atoms with Crippen LogP contribution in [0.3, 0.4) is 0 Å². The zero-order chi connectivity index (χ0) is 13.1. The van der Waals surface area contributed by atoms with Gasteiger partial charge >= 0.3 is 0 Å². The van der Waals surface area contributed by atoms with Crippen molar-refractivity contribution in [3.05, 3.63) is 29.0 Å². The number of nitrogens with zero attached hydrogens (tertiary/aromatic N) is 2. The first-order valence-electron chi connectivity index (χ1n) is 5.78. The number of hydrogen-bond acceptors (Lipinski definition) is 3. The van der Waals surface area contributed by atoms with Crippen molar-refractivity contribution in [1.29, 1.82) is 0 Å². The lowest BCUT2D eigenvalue weighted by molar-refractivity contribution is -0.123. The molecule has 1 aliphatic rings. The van der Waals surface area contributed by atoms with E-state index in [-0.39, 0.29) is 17.7 Å². The fourth-order valence-electron chi connectivity index (χ4n) is 2.09. The number of nitrogens with two attached hydrogens (primary N) is 1. The Kier molecular flexibility index (Phi) is 3.81. The molecule has 96 valence electrons. The van der Waals surface area contributed by atoms with Gasteiger partial charge in [-0.15, -0.1) is 0 Å². The molecule has 1 aliphatic heterocycles. The third-order valence-electron chi connectivity index (χ3n) is 3.16. The maximum absolute atomic E-state index is 12.2. The molecule has 2 N–H and O–H groups in total. The van der Waals surface area contributed by atoms with E-state index in [1.807, 2.05) is 0 Å². The monoisotopic (exact) mass is 267 g/mol. The highest BCUT2D eigenvalue weighted by Crippen LogP contribution is 2.19. The fraction of sp³-hybridized carbons (Fsp3) is 0.417. The van der Waals surface area contributed by atoms with Crippen molar-refractivity contribution in [2.45, 2.75) is 12.8 Å². The summed E-state index contributed by atoms with van der Waals surface area (Å²) >= 11 is 5.75. The van der Waals surface area contributed by atoms with Crippen LogP contribution in [0.15, 0.2) is 18.3 Å². The van der Waals surface area contributed by atoms with Gasteiger partial charge in [-0.3, -0.25) is 9.59 Å². The summed E-state index contributed by atoms with van der Waals surface area (Å²) in [5.41, 5.74) is 5.77. The lowest BCUT2D eigenvalue weighted by Crippen LogP contribution is -2.41. The van der Waals surface area contributed by atoms with E-state index < -0.39 is 0 Å². The van der Waals surface area contributed by atoms with Gasteiger partial charge in [0, 0.05) is 30.8 Å². The Morgan fingerprint density at radius 2 is 2.06 bits per heavy atom. The molecular formula is C12H14ClN3O2. The molecule has 2 heterocycles. The largest absolute Gasteiger partial charge is 0.369 e. The second kappa shape index (κ2) is 5.35. The molecule has 1 aromatic rings. The smallest absolute Gasteiger partial charge is 0.254 e. The van der Waals surface area contributed by atoms with Crippen molar-refractivity contribution in [3.63, 3.8) is 0 Å². The van der Waals surface area contributed by atoms with Crippen LogP contribution in [0.1, 0.15) is 23.2 Å². The first-order valence-corrected chi connectivity index (χ1v) is 6.16. The van der Waals surface area contributed by atoms with E-state index in [0.29, 0.717) is 36.6 Å². The van der Waals surface area contributed by atoms with E-state index in [1.54, 1.807) is 17.0 Å². The van der Waals surface area contributed by atoms with Crippen molar-refractivity contribution in [2.75, 3.05) is 13.1 Å². The molecule has 2 rings (SSSR count). The second-order valence-corrected chi connectivity index (χ2v) is 4.72. The molecule has 0 saturated carbocycles. The Labute approximate surface area is 110 Å². The summed E-state index contributed by atoms with van der Waals surface area (Å²) in [6.07, 6.45) is 2.76. The third kappa shape index (κ3) is 2.79. The quantitative estimate of drug-likeness (QED) is 0.815. The zero-order valence-electron chi connectivity index (χ0n) is 9.80. The molecular weight excluding hydrogens is 254 g/mol. The number of pyridine rings is 1. The summed E-state index contributed by atoms with van der Waals surface area (Å²) in [5, 5.41) is 0.299. The average molecular weight is 268 g/mol. The van der Waals surface area contributed by atoms with Crippen LogP contribution in [-0.4, -0.2) is 34.8 Å². The molecule has 5 nitrogen and oxygen atoms in total. The number of halogens is 1. The van der Waals surface area contributed by atoms with E-state index in [9.17, 15) is 9.59 Å². The van der Waals surface area contributed by atoms with Crippen LogP contribution in [0.4, 0.5) is 0 Å². The number of carbonyl (C=O) groups is 2. The van der Waals surface area contributed by atoms with E-state index >= 15 is 0 Å². The first kappa shape index (κ1) is 12.8. The van der Waals surface area contributed by atoms with Gasteiger partial charge < -0.3 is 10.6 Å². The molecule has 0 aromatic carbocycles. The van der Waals surface area contributed by atoms with Crippen LogP contribution in [0.5, 0.6) is 0 Å². The predicted octanol–water partition coefficient (Wildman–Crippen LogP) is 1.07. The van der Waals surface area contributed by atoms with Crippen LogP contribution in [0.2, 0.25) is 5.15 Å². The standard InChI is InChI=1S/C12H14ClN3O2/c13-10-7-9(1-4-15-10)12(18)16-5-2-8(3-6-16)11(14)17/h1,4,7-8H,2-3,5-6H2,(H2,14,17). The molecule has 0 unspecified atom stereocenters. The second-order valence-electron chi connectivity index (χ2n) is 4.34. The molecule has 0 radical (unpaired) electrons. The highest BCUT2D eigenvalue weighted by Gasteiger charge is 2.26. The van der Waals surface area contributed by atoms with E-state index in [2.05, 4.69) is 4.98 Å². The lowest BCUT2D eigenvalue weighted by atomic mass is 9.96. The minimum atomic E-state index is -0.283. The number of rotatable bonds is 2. The minimum absolute atomic E-state index is 0.0813. The predicted molar refractivity (Wildman–Crippen MR) is 67.1 cm³/mol. The molecule has 1 fully saturated rings. The van der Waals surface area contributed by atoms with Gasteiger partial charge in [0.1, 0.15) is 5.15 Å². The van der Waals surface area contributed by atoms with Crippen LogP contribution >= 0.6 is 11.6 Å². The molecule has 6 heteroatoms. The van der Waals surface area contributed by atoms with Gasteiger partial charge in [-0.25, -0.2) is 4.98 Å². The van der Waals surface area contributed by atoms with E-state index in [4.69, 9.17) is 17.3 Å². The van der Waals surface area contributed by atoms with Crippen LogP contribution in [0.25, 0.3) is 0 Å². The Bertz CT molecular complexity index is 470. The Morgan fingerprint density at radius 3 is 2.61 bits per heavy atom. The number of likely N-dealkylation sites (tertiary alicyclic amines) is 1. The topological polar surface area (TPSA) is 76.3 Å². The highest BCUT2D eigenvalue weighted by molar-refractivity contribution is 6.29. The molecule has 0 aliphatic carbocycles. The van der Waals surface area contributed by atoms with Crippen molar-refractivity contribution in [1.82, 2.24) is 9.88 Å². The Morgan fingerprint density at radius 1 is 1.39 bits per heavy atom. The number of hydrogen-bond donors (Lipinski definition) is 1. The summed E-state index contributed by atoms with van der Waals surface area (Å²) in [6, 6.07) is 3.18. The Hall–Kier alpha value is -1.62. The summed E-state index contributed by atoms with van der Waals surface area (Å²) in [5.74, 6) is -0.480. The van der Waals surface area contributed by atoms with Crippen LogP contribution in [-0.2, 0) is 4.79 Å². The highest BCUT2D eigenvalue weighted by atomic mass is 35.5. The fourth-order valence-corrected chi connectivity index (χ4v) is 2.26. The van der Waals surface area contributed by atoms with Crippen molar-refractivity contribution in [3.8, 4) is 0 Å². The van der Waals surface area contributed by atoms with Crippen LogP contribution < -0.4 is 5.73 Å². The third-order valence-corrected chi connectivity index (χ3v) is 3.36. The van der Waals surface area contributed by atoms with Gasteiger partial charge in [0.25, 0.3) is 5.91 Å². The minimum Gasteiger partial charge on any atom is -0.369 e. The van der Waals surface area contributed by atoms with Gasteiger partial charge in [0.15, 0.2) is 0 Å². The normalized spacial score (nSPS) is 16.6. The molecule has 0 spiro atoms. The first-order chi connectivity index (χ1) is 8.58. The van der Waals surface area contributed by atoms with Gasteiger partial charge in [-0.1, -0.05) is 11.6 Å². The molecule has 1 saturated heterocycles. The molecule has 1 aromatic heterocycles. The average Bonchev–Trinajstić information content (AvgIpc) is 2.38. The van der Waals surface area contributed by atoms with E-state index in [1.165, 1.54) is 6.20 Å². The lowest BCUT2D eigenvalue weighted by Gasteiger charge is -2.30. The molecule has 0 atom stereocenters. The summed E-state index contributed by atoms with van der Waals surface area (Å²) in [4.78, 5) is 28.7. The molecule has 0 bridgehead atoms. The summed E-state index contributed by atoms with van der Waals surface area (Å²) in [6.45, 7) is 1.10. The van der Waals surface area contributed by atoms with Crippen molar-refractivity contribution in [2.24, 2.45) is 11.7 Å². The van der Waals surface area contributed by atoms with E-state index in [0.717, 1.165) is 0 Å². The SMILES string of the molecule is NC(=O)C1CCN(C(=O)c2ccnc(Cl)c2)CC1.